The number of thiophene rings is 1. The summed E-state index contributed by atoms with van der Waals surface area (Å²) in [4.78, 5) is 5.55. The van der Waals surface area contributed by atoms with Crippen LogP contribution in [0.2, 0.25) is 0 Å². The van der Waals surface area contributed by atoms with Gasteiger partial charge in [0.2, 0.25) is 0 Å². The zero-order valence-electron chi connectivity index (χ0n) is 11.4. The molecule has 2 unspecified atom stereocenters. The monoisotopic (exact) mass is 252 g/mol. The summed E-state index contributed by atoms with van der Waals surface area (Å²) < 4.78 is 0. The van der Waals surface area contributed by atoms with Crippen molar-refractivity contribution < 1.29 is 0 Å². The molecule has 1 aliphatic heterocycles. The van der Waals surface area contributed by atoms with Crippen LogP contribution in [0.5, 0.6) is 0 Å². The molecule has 1 aromatic rings. The van der Waals surface area contributed by atoms with E-state index in [4.69, 9.17) is 0 Å². The fourth-order valence-corrected chi connectivity index (χ4v) is 3.75. The summed E-state index contributed by atoms with van der Waals surface area (Å²) in [7, 11) is 0. The summed E-state index contributed by atoms with van der Waals surface area (Å²) >= 11 is 1.93. The van der Waals surface area contributed by atoms with Gasteiger partial charge in [-0.3, -0.25) is 4.90 Å². The quantitative estimate of drug-likeness (QED) is 0.889. The molecule has 96 valence electrons. The predicted octanol–water partition coefficient (Wildman–Crippen LogP) is 3.11. The summed E-state index contributed by atoms with van der Waals surface area (Å²) in [5, 5.41) is 3.59. The van der Waals surface area contributed by atoms with E-state index in [0.717, 1.165) is 6.54 Å². The molecule has 0 aliphatic carbocycles. The number of aryl methyl sites for hydroxylation is 2. The van der Waals surface area contributed by atoms with Gasteiger partial charge in [0.1, 0.15) is 0 Å². The van der Waals surface area contributed by atoms with Gasteiger partial charge >= 0.3 is 0 Å². The van der Waals surface area contributed by atoms with Gasteiger partial charge in [-0.1, -0.05) is 6.92 Å². The highest BCUT2D eigenvalue weighted by Crippen LogP contribution is 2.30. The molecule has 0 saturated carbocycles. The summed E-state index contributed by atoms with van der Waals surface area (Å²) in [6.45, 7) is 12.6. The van der Waals surface area contributed by atoms with Crippen LogP contribution in [0.4, 0.5) is 0 Å². The van der Waals surface area contributed by atoms with Gasteiger partial charge in [0, 0.05) is 41.5 Å². The Hall–Kier alpha value is -0.380. The van der Waals surface area contributed by atoms with Gasteiger partial charge in [-0.05, 0) is 38.8 Å². The van der Waals surface area contributed by atoms with E-state index >= 15 is 0 Å². The van der Waals surface area contributed by atoms with Crippen LogP contribution < -0.4 is 5.32 Å². The molecule has 2 nitrogen and oxygen atoms in total. The molecule has 1 saturated heterocycles. The molecule has 1 N–H and O–H groups in total. The first-order valence-corrected chi connectivity index (χ1v) is 7.47. The van der Waals surface area contributed by atoms with Gasteiger partial charge in [0.05, 0.1) is 0 Å². The molecule has 0 bridgehead atoms. The van der Waals surface area contributed by atoms with E-state index in [2.05, 4.69) is 44.0 Å². The van der Waals surface area contributed by atoms with Crippen LogP contribution in [0.3, 0.4) is 0 Å². The molecule has 1 aromatic heterocycles. The number of nitrogens with zero attached hydrogens (tertiary/aromatic N) is 1. The first kappa shape index (κ1) is 13.1. The van der Waals surface area contributed by atoms with Gasteiger partial charge in [0.15, 0.2) is 0 Å². The lowest BCUT2D eigenvalue weighted by atomic mass is 10.0. The van der Waals surface area contributed by atoms with Crippen LogP contribution in [0, 0.1) is 13.8 Å². The van der Waals surface area contributed by atoms with Crippen molar-refractivity contribution >= 4 is 11.3 Å². The topological polar surface area (TPSA) is 15.3 Å². The fourth-order valence-electron chi connectivity index (χ4n) is 2.74. The average Bonchev–Trinajstić information content (AvgIpc) is 2.67. The maximum atomic E-state index is 3.59. The Labute approximate surface area is 109 Å². The standard InChI is InChI=1S/C14H24N2S/c1-5-13-9-16(7-6-15-13)11(3)14-8-10(2)17-12(14)4/h8,11,13,15H,5-7,9H2,1-4H3. The zero-order valence-corrected chi connectivity index (χ0v) is 12.2. The van der Waals surface area contributed by atoms with E-state index in [1.807, 2.05) is 11.3 Å². The summed E-state index contributed by atoms with van der Waals surface area (Å²) in [6, 6.07) is 3.61. The van der Waals surface area contributed by atoms with Gasteiger partial charge in [-0.2, -0.15) is 0 Å². The molecular weight excluding hydrogens is 228 g/mol. The number of rotatable bonds is 3. The van der Waals surface area contributed by atoms with Crippen molar-refractivity contribution in [3.05, 3.63) is 21.4 Å². The van der Waals surface area contributed by atoms with Crippen molar-refractivity contribution in [3.8, 4) is 0 Å². The third-order valence-corrected chi connectivity index (χ3v) is 4.84. The van der Waals surface area contributed by atoms with Crippen molar-refractivity contribution in [1.29, 1.82) is 0 Å². The Bertz CT molecular complexity index is 372. The molecular formula is C14H24N2S. The molecule has 0 radical (unpaired) electrons. The van der Waals surface area contributed by atoms with Crippen molar-refractivity contribution in [3.63, 3.8) is 0 Å². The van der Waals surface area contributed by atoms with Crippen molar-refractivity contribution in [1.82, 2.24) is 10.2 Å². The number of hydrogen-bond acceptors (Lipinski definition) is 3. The maximum Gasteiger partial charge on any atom is 0.0332 e. The molecule has 2 heterocycles. The number of nitrogens with one attached hydrogen (secondary N) is 1. The molecule has 1 aliphatic rings. The normalized spacial score (nSPS) is 23.9. The third-order valence-electron chi connectivity index (χ3n) is 3.86. The summed E-state index contributed by atoms with van der Waals surface area (Å²) in [6.07, 6.45) is 1.23. The lowest BCUT2D eigenvalue weighted by Gasteiger charge is -2.37. The SMILES string of the molecule is CCC1CN(C(C)c2cc(C)sc2C)CCN1. The van der Waals surface area contributed by atoms with E-state index in [-0.39, 0.29) is 0 Å². The first-order chi connectivity index (χ1) is 8.11. The molecule has 3 heteroatoms. The molecule has 1 fully saturated rings. The van der Waals surface area contributed by atoms with Crippen molar-refractivity contribution in [2.24, 2.45) is 0 Å². The number of piperazine rings is 1. The van der Waals surface area contributed by atoms with E-state index in [1.54, 1.807) is 0 Å². The minimum atomic E-state index is 0.566. The first-order valence-electron chi connectivity index (χ1n) is 6.66. The van der Waals surface area contributed by atoms with Gasteiger partial charge in [0.25, 0.3) is 0 Å². The van der Waals surface area contributed by atoms with E-state index < -0.39 is 0 Å². The molecule has 0 amide bonds. The Morgan fingerprint density at radius 2 is 2.29 bits per heavy atom. The molecule has 0 aromatic carbocycles. The van der Waals surface area contributed by atoms with Crippen LogP contribution in [-0.2, 0) is 0 Å². The smallest absolute Gasteiger partial charge is 0.0332 e. The largest absolute Gasteiger partial charge is 0.311 e. The zero-order chi connectivity index (χ0) is 12.4. The van der Waals surface area contributed by atoms with Crippen molar-refractivity contribution in [2.45, 2.75) is 46.2 Å². The van der Waals surface area contributed by atoms with Crippen LogP contribution >= 0.6 is 11.3 Å². The van der Waals surface area contributed by atoms with E-state index in [0.29, 0.717) is 12.1 Å². The second-order valence-corrected chi connectivity index (χ2v) is 6.56. The Morgan fingerprint density at radius 1 is 1.53 bits per heavy atom. The molecule has 0 spiro atoms. The minimum Gasteiger partial charge on any atom is -0.311 e. The Balaban J connectivity index is 2.08. The lowest BCUT2D eigenvalue weighted by Crippen LogP contribution is -2.50. The second kappa shape index (κ2) is 5.51. The third kappa shape index (κ3) is 2.90. The van der Waals surface area contributed by atoms with Crippen LogP contribution in [0.1, 0.15) is 41.6 Å². The second-order valence-electron chi connectivity index (χ2n) is 5.10. The maximum absolute atomic E-state index is 3.59. The highest BCUT2D eigenvalue weighted by molar-refractivity contribution is 7.12. The lowest BCUT2D eigenvalue weighted by molar-refractivity contribution is 0.151. The summed E-state index contributed by atoms with van der Waals surface area (Å²) in [5.74, 6) is 0. The van der Waals surface area contributed by atoms with Gasteiger partial charge < -0.3 is 5.32 Å². The van der Waals surface area contributed by atoms with E-state index in [1.165, 1.54) is 34.8 Å². The van der Waals surface area contributed by atoms with E-state index in [9.17, 15) is 0 Å². The average molecular weight is 252 g/mol. The highest BCUT2D eigenvalue weighted by atomic mass is 32.1. The number of hydrogen-bond donors (Lipinski definition) is 1. The van der Waals surface area contributed by atoms with Crippen molar-refractivity contribution in [2.75, 3.05) is 19.6 Å². The van der Waals surface area contributed by atoms with Crippen LogP contribution in [0.15, 0.2) is 6.07 Å². The van der Waals surface area contributed by atoms with Crippen LogP contribution in [-0.4, -0.2) is 30.6 Å². The van der Waals surface area contributed by atoms with Gasteiger partial charge in [-0.25, -0.2) is 0 Å². The highest BCUT2D eigenvalue weighted by Gasteiger charge is 2.24. The van der Waals surface area contributed by atoms with Crippen LogP contribution in [0.25, 0.3) is 0 Å². The molecule has 2 atom stereocenters. The minimum absolute atomic E-state index is 0.566. The fraction of sp³-hybridized carbons (Fsp3) is 0.714. The predicted molar refractivity (Wildman–Crippen MR) is 75.9 cm³/mol. The van der Waals surface area contributed by atoms with Gasteiger partial charge in [-0.15, -0.1) is 11.3 Å². The molecule has 17 heavy (non-hydrogen) atoms. The summed E-state index contributed by atoms with van der Waals surface area (Å²) in [5.41, 5.74) is 1.53. The Morgan fingerprint density at radius 3 is 2.88 bits per heavy atom. The molecule has 2 rings (SSSR count). The Kier molecular flexibility index (Phi) is 4.23.